The van der Waals surface area contributed by atoms with Gasteiger partial charge in [-0.1, -0.05) is 64.4 Å². The number of hydrogen-bond donors (Lipinski definition) is 2. The Kier molecular flexibility index (Phi) is 13.3. The molecule has 0 aliphatic carbocycles. The Morgan fingerprint density at radius 2 is 1.77 bits per heavy atom. The number of aromatic nitrogens is 1. The molecule has 2 N–H and O–H groups in total. The van der Waals surface area contributed by atoms with E-state index in [-0.39, 0.29) is 47.3 Å². The molecule has 2 aromatic rings. The Bertz CT molecular complexity index is 1070. The summed E-state index contributed by atoms with van der Waals surface area (Å²) < 4.78 is 0. The second kappa shape index (κ2) is 16.1. The number of thiazole rings is 1. The van der Waals surface area contributed by atoms with E-state index in [1.807, 2.05) is 44.3 Å². The van der Waals surface area contributed by atoms with Crippen LogP contribution in [0.5, 0.6) is 0 Å². The van der Waals surface area contributed by atoms with Gasteiger partial charge in [0.2, 0.25) is 11.8 Å². The van der Waals surface area contributed by atoms with Crippen LogP contribution in [0.25, 0.3) is 0 Å². The van der Waals surface area contributed by atoms with Crippen molar-refractivity contribution in [2.24, 2.45) is 11.8 Å². The molecule has 0 spiro atoms. The second-order valence-electron chi connectivity index (χ2n) is 10.7. The number of benzene rings is 1. The molecular weight excluding hydrogens is 512 g/mol. The quantitative estimate of drug-likeness (QED) is 0.285. The maximum absolute atomic E-state index is 13.2. The summed E-state index contributed by atoms with van der Waals surface area (Å²) in [7, 11) is 1.82. The number of carbonyl (C=O) groups excluding carboxylic acids is 4. The number of nitrogens with one attached hydrogen (secondary N) is 2. The van der Waals surface area contributed by atoms with Crippen LogP contribution in [0.3, 0.4) is 0 Å². The highest BCUT2D eigenvalue weighted by Gasteiger charge is 2.29. The molecule has 0 saturated heterocycles. The van der Waals surface area contributed by atoms with Crippen LogP contribution in [0, 0.1) is 11.8 Å². The van der Waals surface area contributed by atoms with Gasteiger partial charge in [0, 0.05) is 43.8 Å². The SMILES string of the molecule is CCCCC(=O)N(C)C(C[C@@H](NC(C)=O)c1nc(C(=O)N[C@@H](Cc2ccccc2)C[C@H](C)C=O)cs1)C(C)C. The third-order valence-corrected chi connectivity index (χ3v) is 7.82. The summed E-state index contributed by atoms with van der Waals surface area (Å²) in [6, 6.07) is 9.07. The Morgan fingerprint density at radius 3 is 2.36 bits per heavy atom. The van der Waals surface area contributed by atoms with Crippen LogP contribution < -0.4 is 10.6 Å². The average Bonchev–Trinajstić information content (AvgIpc) is 3.39. The van der Waals surface area contributed by atoms with Gasteiger partial charge in [0.05, 0.1) is 6.04 Å². The summed E-state index contributed by atoms with van der Waals surface area (Å²) in [5, 5.41) is 8.35. The lowest BCUT2D eigenvalue weighted by atomic mass is 9.95. The molecule has 1 unspecified atom stereocenters. The minimum atomic E-state index is -0.432. The summed E-state index contributed by atoms with van der Waals surface area (Å²) in [6.45, 7) is 9.48. The number of amides is 3. The molecule has 39 heavy (non-hydrogen) atoms. The van der Waals surface area contributed by atoms with E-state index in [0.29, 0.717) is 30.7 Å². The molecule has 1 heterocycles. The van der Waals surface area contributed by atoms with E-state index < -0.39 is 6.04 Å². The zero-order chi connectivity index (χ0) is 28.9. The van der Waals surface area contributed by atoms with Crippen molar-refractivity contribution in [3.05, 3.63) is 52.0 Å². The zero-order valence-corrected chi connectivity index (χ0v) is 24.9. The summed E-state index contributed by atoms with van der Waals surface area (Å²) in [5.74, 6) is -0.456. The van der Waals surface area contributed by atoms with Crippen molar-refractivity contribution >= 4 is 35.3 Å². The van der Waals surface area contributed by atoms with E-state index in [4.69, 9.17) is 0 Å². The number of hydrogen-bond acceptors (Lipinski definition) is 6. The Hall–Kier alpha value is -3.07. The van der Waals surface area contributed by atoms with Crippen LogP contribution in [0.4, 0.5) is 0 Å². The highest BCUT2D eigenvalue weighted by molar-refractivity contribution is 7.09. The van der Waals surface area contributed by atoms with Gasteiger partial charge >= 0.3 is 0 Å². The number of unbranched alkanes of at least 4 members (excludes halogenated alkanes) is 1. The highest BCUT2D eigenvalue weighted by atomic mass is 32.1. The fraction of sp³-hybridized carbons (Fsp3) is 0.567. The molecule has 4 atom stereocenters. The van der Waals surface area contributed by atoms with Crippen LogP contribution in [-0.4, -0.2) is 53.0 Å². The van der Waals surface area contributed by atoms with Crippen molar-refractivity contribution in [3.63, 3.8) is 0 Å². The van der Waals surface area contributed by atoms with E-state index in [0.717, 1.165) is 24.7 Å². The molecule has 0 aliphatic heterocycles. The molecule has 0 fully saturated rings. The first-order valence-electron chi connectivity index (χ1n) is 13.8. The Morgan fingerprint density at radius 1 is 1.08 bits per heavy atom. The first kappa shape index (κ1) is 32.1. The largest absolute Gasteiger partial charge is 0.348 e. The second-order valence-corrected chi connectivity index (χ2v) is 11.6. The van der Waals surface area contributed by atoms with Crippen LogP contribution in [0.2, 0.25) is 0 Å². The fourth-order valence-corrected chi connectivity index (χ4v) is 5.55. The molecule has 1 aromatic carbocycles. The molecule has 0 saturated carbocycles. The molecule has 9 heteroatoms. The fourth-order valence-electron chi connectivity index (χ4n) is 4.68. The number of aldehydes is 1. The Labute approximate surface area is 237 Å². The van der Waals surface area contributed by atoms with Gasteiger partial charge < -0.3 is 20.3 Å². The predicted octanol–water partition coefficient (Wildman–Crippen LogP) is 4.95. The third kappa shape index (κ3) is 10.5. The van der Waals surface area contributed by atoms with Gasteiger partial charge in [-0.25, -0.2) is 4.98 Å². The average molecular weight is 557 g/mol. The van der Waals surface area contributed by atoms with E-state index in [2.05, 4.69) is 36.4 Å². The van der Waals surface area contributed by atoms with Crippen LogP contribution in [0.1, 0.15) is 93.8 Å². The van der Waals surface area contributed by atoms with Crippen LogP contribution >= 0.6 is 11.3 Å². The molecule has 0 bridgehead atoms. The van der Waals surface area contributed by atoms with Crippen molar-refractivity contribution in [2.45, 2.75) is 91.3 Å². The lowest BCUT2D eigenvalue weighted by Gasteiger charge is -2.34. The van der Waals surface area contributed by atoms with Crippen molar-refractivity contribution in [2.75, 3.05) is 7.05 Å². The van der Waals surface area contributed by atoms with Crippen LogP contribution in [0.15, 0.2) is 35.7 Å². The molecule has 2 rings (SSSR count). The van der Waals surface area contributed by atoms with E-state index in [1.54, 1.807) is 10.3 Å². The lowest BCUT2D eigenvalue weighted by Crippen LogP contribution is -2.43. The molecule has 0 aliphatic rings. The van der Waals surface area contributed by atoms with Gasteiger partial charge in [0.1, 0.15) is 17.0 Å². The number of nitrogens with zero attached hydrogens (tertiary/aromatic N) is 2. The summed E-state index contributed by atoms with van der Waals surface area (Å²) >= 11 is 1.32. The summed E-state index contributed by atoms with van der Waals surface area (Å²) in [6.07, 6.45) is 4.80. The first-order chi connectivity index (χ1) is 18.5. The minimum Gasteiger partial charge on any atom is -0.348 e. The molecule has 3 amide bonds. The molecule has 214 valence electrons. The minimum absolute atomic E-state index is 0.0883. The van der Waals surface area contributed by atoms with Gasteiger partial charge in [-0.05, 0) is 37.2 Å². The molecule has 1 aromatic heterocycles. The van der Waals surface area contributed by atoms with Crippen LogP contribution in [-0.2, 0) is 20.8 Å². The normalized spacial score (nSPS) is 14.2. The summed E-state index contributed by atoms with van der Waals surface area (Å²) in [4.78, 5) is 55.8. The van der Waals surface area contributed by atoms with E-state index in [1.165, 1.54) is 18.3 Å². The van der Waals surface area contributed by atoms with Gasteiger partial charge in [-0.15, -0.1) is 11.3 Å². The standard InChI is InChI=1S/C30H44N4O4S/c1-7-8-14-28(37)34(6)27(20(2)3)17-25(31-22(5)36)30-33-26(19-39-30)29(38)32-24(15-21(4)18-35)16-23-12-10-9-11-13-23/h9-13,18-21,24-25,27H,7-8,14-17H2,1-6H3,(H,31,36)(H,32,38)/t21-,24+,25+,27?/m0/s1. The zero-order valence-electron chi connectivity index (χ0n) is 24.1. The first-order valence-corrected chi connectivity index (χ1v) is 14.7. The lowest BCUT2D eigenvalue weighted by molar-refractivity contribution is -0.133. The maximum atomic E-state index is 13.2. The van der Waals surface area contributed by atoms with Gasteiger partial charge in [0.15, 0.2) is 0 Å². The van der Waals surface area contributed by atoms with Gasteiger partial charge in [0.25, 0.3) is 5.91 Å². The number of carbonyl (C=O) groups is 4. The van der Waals surface area contributed by atoms with E-state index in [9.17, 15) is 19.2 Å². The van der Waals surface area contributed by atoms with Crippen molar-refractivity contribution in [3.8, 4) is 0 Å². The molecule has 0 radical (unpaired) electrons. The predicted molar refractivity (Wildman–Crippen MR) is 155 cm³/mol. The topological polar surface area (TPSA) is 108 Å². The molecule has 8 nitrogen and oxygen atoms in total. The smallest absolute Gasteiger partial charge is 0.270 e. The maximum Gasteiger partial charge on any atom is 0.270 e. The Balaban J connectivity index is 2.21. The van der Waals surface area contributed by atoms with Crippen molar-refractivity contribution < 1.29 is 19.2 Å². The third-order valence-electron chi connectivity index (χ3n) is 6.86. The number of rotatable bonds is 16. The summed E-state index contributed by atoms with van der Waals surface area (Å²) in [5.41, 5.74) is 1.35. The monoisotopic (exact) mass is 556 g/mol. The van der Waals surface area contributed by atoms with Crippen molar-refractivity contribution in [1.82, 2.24) is 20.5 Å². The van der Waals surface area contributed by atoms with Crippen molar-refractivity contribution in [1.29, 1.82) is 0 Å². The van der Waals surface area contributed by atoms with E-state index >= 15 is 0 Å². The van der Waals surface area contributed by atoms with Gasteiger partial charge in [-0.2, -0.15) is 0 Å². The van der Waals surface area contributed by atoms with Gasteiger partial charge in [-0.3, -0.25) is 14.4 Å². The highest BCUT2D eigenvalue weighted by Crippen LogP contribution is 2.28. The molecular formula is C30H44N4O4S.